The first-order valence-electron chi connectivity index (χ1n) is 7.07. The number of anilines is 1. The topological polar surface area (TPSA) is 61.5 Å². The Morgan fingerprint density at radius 3 is 2.79 bits per heavy atom. The lowest BCUT2D eigenvalue weighted by Crippen LogP contribution is -2.49. The van der Waals surface area contributed by atoms with Gasteiger partial charge in [-0.25, -0.2) is 0 Å². The van der Waals surface area contributed by atoms with Gasteiger partial charge in [-0.05, 0) is 43.5 Å². The van der Waals surface area contributed by atoms with Crippen LogP contribution in [0.4, 0.5) is 5.69 Å². The van der Waals surface area contributed by atoms with Crippen LogP contribution in [0.5, 0.6) is 0 Å². The summed E-state index contributed by atoms with van der Waals surface area (Å²) in [7, 11) is 2.16. The van der Waals surface area contributed by atoms with Crippen LogP contribution in [0.15, 0.2) is 24.3 Å². The van der Waals surface area contributed by atoms with Crippen molar-refractivity contribution in [3.8, 4) is 0 Å². The molecule has 0 bridgehead atoms. The van der Waals surface area contributed by atoms with Crippen LogP contribution in [0, 0.1) is 0 Å². The van der Waals surface area contributed by atoms with Gasteiger partial charge in [0.2, 0.25) is 0 Å². The van der Waals surface area contributed by atoms with Crippen LogP contribution in [-0.4, -0.2) is 49.3 Å². The maximum absolute atomic E-state index is 9.28. The lowest BCUT2D eigenvalue weighted by atomic mass is 9.89. The third-order valence-electron chi connectivity index (χ3n) is 3.91. The lowest BCUT2D eigenvalue weighted by molar-refractivity contribution is 0.214. The molecule has 4 N–H and O–H groups in total. The number of likely N-dealkylation sites (N-methyl/N-ethyl adjacent to an activating group) is 1. The Labute approximate surface area is 115 Å². The standard InChI is InChI=1S/C15H25N3O/c1-18-8-7-17-15(11-18)10-13(6-9-19)12-2-4-14(16)5-3-12/h2-5,13,15,17,19H,6-11,16H2,1H3. The molecular formula is C15H25N3O. The monoisotopic (exact) mass is 263 g/mol. The van der Waals surface area contributed by atoms with Crippen molar-refractivity contribution >= 4 is 5.69 Å². The van der Waals surface area contributed by atoms with Gasteiger partial charge in [0.25, 0.3) is 0 Å². The molecule has 1 fully saturated rings. The van der Waals surface area contributed by atoms with E-state index in [1.165, 1.54) is 5.56 Å². The van der Waals surface area contributed by atoms with Crippen molar-refractivity contribution in [1.29, 1.82) is 0 Å². The van der Waals surface area contributed by atoms with E-state index in [4.69, 9.17) is 5.73 Å². The molecule has 4 nitrogen and oxygen atoms in total. The van der Waals surface area contributed by atoms with Crippen molar-refractivity contribution in [1.82, 2.24) is 10.2 Å². The zero-order valence-electron chi connectivity index (χ0n) is 11.7. The molecular weight excluding hydrogens is 238 g/mol. The third-order valence-corrected chi connectivity index (χ3v) is 3.91. The van der Waals surface area contributed by atoms with Gasteiger partial charge in [0.05, 0.1) is 0 Å². The largest absolute Gasteiger partial charge is 0.399 e. The molecule has 19 heavy (non-hydrogen) atoms. The molecule has 2 rings (SSSR count). The fraction of sp³-hybridized carbons (Fsp3) is 0.600. The second-order valence-electron chi connectivity index (χ2n) is 5.52. The molecule has 1 aromatic carbocycles. The van der Waals surface area contributed by atoms with Gasteiger partial charge in [-0.1, -0.05) is 12.1 Å². The van der Waals surface area contributed by atoms with E-state index in [1.807, 2.05) is 12.1 Å². The quantitative estimate of drug-likeness (QED) is 0.694. The number of rotatable bonds is 5. The molecule has 1 saturated heterocycles. The predicted molar refractivity (Wildman–Crippen MR) is 79.2 cm³/mol. The first-order valence-corrected chi connectivity index (χ1v) is 7.07. The fourth-order valence-corrected chi connectivity index (χ4v) is 2.84. The number of hydrogen-bond acceptors (Lipinski definition) is 4. The summed E-state index contributed by atoms with van der Waals surface area (Å²) in [6.45, 7) is 3.48. The second kappa shape index (κ2) is 6.89. The number of nitrogens with zero attached hydrogens (tertiary/aromatic N) is 1. The van der Waals surface area contributed by atoms with Crippen LogP contribution in [-0.2, 0) is 0 Å². The number of nitrogens with two attached hydrogens (primary N) is 1. The van der Waals surface area contributed by atoms with Crippen LogP contribution < -0.4 is 11.1 Å². The fourth-order valence-electron chi connectivity index (χ4n) is 2.84. The number of nitrogen functional groups attached to an aromatic ring is 1. The molecule has 1 aliphatic heterocycles. The van der Waals surface area contributed by atoms with E-state index < -0.39 is 0 Å². The molecule has 0 aromatic heterocycles. The van der Waals surface area contributed by atoms with Crippen LogP contribution in [0.2, 0.25) is 0 Å². The summed E-state index contributed by atoms with van der Waals surface area (Å²) in [6.07, 6.45) is 1.88. The van der Waals surface area contributed by atoms with Gasteiger partial charge in [0.15, 0.2) is 0 Å². The smallest absolute Gasteiger partial charge is 0.0436 e. The van der Waals surface area contributed by atoms with Gasteiger partial charge in [-0.2, -0.15) is 0 Å². The minimum absolute atomic E-state index is 0.234. The number of nitrogens with one attached hydrogen (secondary N) is 1. The van der Waals surface area contributed by atoms with Gasteiger partial charge in [0, 0.05) is 38.0 Å². The molecule has 0 radical (unpaired) electrons. The summed E-state index contributed by atoms with van der Waals surface area (Å²) in [5.74, 6) is 0.398. The Balaban J connectivity index is 2.01. The second-order valence-corrected chi connectivity index (χ2v) is 5.52. The zero-order valence-corrected chi connectivity index (χ0v) is 11.7. The van der Waals surface area contributed by atoms with E-state index in [0.29, 0.717) is 12.0 Å². The number of aliphatic hydroxyl groups is 1. The van der Waals surface area contributed by atoms with Gasteiger partial charge in [0.1, 0.15) is 0 Å². The van der Waals surface area contributed by atoms with Crippen molar-refractivity contribution in [2.75, 3.05) is 39.0 Å². The minimum Gasteiger partial charge on any atom is -0.399 e. The van der Waals surface area contributed by atoms with E-state index in [9.17, 15) is 5.11 Å². The van der Waals surface area contributed by atoms with Crippen LogP contribution in [0.1, 0.15) is 24.3 Å². The van der Waals surface area contributed by atoms with Gasteiger partial charge >= 0.3 is 0 Å². The summed E-state index contributed by atoms with van der Waals surface area (Å²) in [5, 5.41) is 12.9. The Morgan fingerprint density at radius 2 is 2.16 bits per heavy atom. The molecule has 0 saturated carbocycles. The molecule has 0 amide bonds. The molecule has 1 aromatic rings. The number of aliphatic hydroxyl groups excluding tert-OH is 1. The van der Waals surface area contributed by atoms with Gasteiger partial charge in [-0.15, -0.1) is 0 Å². The molecule has 2 unspecified atom stereocenters. The van der Waals surface area contributed by atoms with E-state index >= 15 is 0 Å². The molecule has 106 valence electrons. The van der Waals surface area contributed by atoms with Crippen molar-refractivity contribution in [2.24, 2.45) is 0 Å². The molecule has 0 spiro atoms. The summed E-state index contributed by atoms with van der Waals surface area (Å²) < 4.78 is 0. The third kappa shape index (κ3) is 4.20. The lowest BCUT2D eigenvalue weighted by Gasteiger charge is -2.33. The normalized spacial score (nSPS) is 22.3. The highest BCUT2D eigenvalue weighted by atomic mass is 16.3. The summed E-state index contributed by atoms with van der Waals surface area (Å²) in [4.78, 5) is 2.36. The molecule has 1 heterocycles. The van der Waals surface area contributed by atoms with E-state index in [1.54, 1.807) is 0 Å². The van der Waals surface area contributed by atoms with Crippen molar-refractivity contribution < 1.29 is 5.11 Å². The average Bonchev–Trinajstić information content (AvgIpc) is 2.39. The Kier molecular flexibility index (Phi) is 5.19. The van der Waals surface area contributed by atoms with Crippen LogP contribution in [0.3, 0.4) is 0 Å². The first kappa shape index (κ1) is 14.3. The maximum Gasteiger partial charge on any atom is 0.0436 e. The highest BCUT2D eigenvalue weighted by Crippen LogP contribution is 2.26. The number of benzene rings is 1. The molecule has 2 atom stereocenters. The predicted octanol–water partition coefficient (Wildman–Crippen LogP) is 1.03. The van der Waals surface area contributed by atoms with Crippen molar-refractivity contribution in [3.63, 3.8) is 0 Å². The van der Waals surface area contributed by atoms with E-state index in [2.05, 4.69) is 29.4 Å². The number of hydrogen-bond donors (Lipinski definition) is 3. The number of piperazine rings is 1. The van der Waals surface area contributed by atoms with Crippen LogP contribution >= 0.6 is 0 Å². The summed E-state index contributed by atoms with van der Waals surface area (Å²) >= 11 is 0. The van der Waals surface area contributed by atoms with Crippen molar-refractivity contribution in [2.45, 2.75) is 24.8 Å². The molecule has 4 heteroatoms. The maximum atomic E-state index is 9.28. The molecule has 1 aliphatic rings. The van der Waals surface area contributed by atoms with Crippen molar-refractivity contribution in [3.05, 3.63) is 29.8 Å². The zero-order chi connectivity index (χ0) is 13.7. The van der Waals surface area contributed by atoms with Gasteiger partial charge in [-0.3, -0.25) is 0 Å². The highest BCUT2D eigenvalue weighted by Gasteiger charge is 2.21. The molecule has 0 aliphatic carbocycles. The first-order chi connectivity index (χ1) is 9.19. The average molecular weight is 263 g/mol. The Hall–Kier alpha value is -1.10. The van der Waals surface area contributed by atoms with E-state index in [0.717, 1.165) is 38.2 Å². The highest BCUT2D eigenvalue weighted by molar-refractivity contribution is 5.40. The summed E-state index contributed by atoms with van der Waals surface area (Å²) in [5.41, 5.74) is 7.80. The van der Waals surface area contributed by atoms with Gasteiger partial charge < -0.3 is 21.1 Å². The Morgan fingerprint density at radius 1 is 1.42 bits per heavy atom. The van der Waals surface area contributed by atoms with E-state index in [-0.39, 0.29) is 6.61 Å². The minimum atomic E-state index is 0.234. The summed E-state index contributed by atoms with van der Waals surface area (Å²) in [6, 6.07) is 8.57. The Bertz CT molecular complexity index is 379. The SMILES string of the molecule is CN1CCNC(CC(CCO)c2ccc(N)cc2)C1. The van der Waals surface area contributed by atoms with Crippen LogP contribution in [0.25, 0.3) is 0 Å².